The molecule has 0 bridgehead atoms. The average Bonchev–Trinajstić information content (AvgIpc) is 3.07. The lowest BCUT2D eigenvalue weighted by atomic mass is 9.84. The summed E-state index contributed by atoms with van der Waals surface area (Å²) in [5, 5.41) is 1.07. The molecule has 0 fully saturated rings. The summed E-state index contributed by atoms with van der Waals surface area (Å²) in [6, 6.07) is 18.1. The Morgan fingerprint density at radius 2 is 1.84 bits per heavy atom. The SMILES string of the molecule is CN(Cc1ccccc1)C(=O)C1CCCc2c1c1ccccc1n2CCOS(C)(=O)=O. The fourth-order valence-electron chi connectivity index (χ4n) is 4.64. The second-order valence-electron chi connectivity index (χ2n) is 8.18. The fraction of sp³-hybridized carbons (Fsp3) is 0.375. The van der Waals surface area contributed by atoms with E-state index in [2.05, 4.69) is 10.6 Å². The molecule has 1 aliphatic carbocycles. The molecule has 1 heterocycles. The van der Waals surface area contributed by atoms with Crippen LogP contribution >= 0.6 is 0 Å². The number of aromatic nitrogens is 1. The standard InChI is InChI=1S/C24H28N2O4S/c1-25(17-18-9-4-3-5-10-18)24(27)20-12-8-14-22-23(20)19-11-6-7-13-21(19)26(22)15-16-30-31(2,28)29/h3-7,9-11,13,20H,8,12,14-17H2,1-2H3. The van der Waals surface area contributed by atoms with Crippen LogP contribution < -0.4 is 0 Å². The summed E-state index contributed by atoms with van der Waals surface area (Å²) in [7, 11) is -1.63. The van der Waals surface area contributed by atoms with Crippen molar-refractivity contribution in [1.29, 1.82) is 0 Å². The van der Waals surface area contributed by atoms with Gasteiger partial charge in [-0.1, -0.05) is 48.5 Å². The molecule has 1 atom stereocenters. The highest BCUT2D eigenvalue weighted by molar-refractivity contribution is 7.85. The van der Waals surface area contributed by atoms with Crippen LogP contribution in [0.1, 0.15) is 35.6 Å². The maximum absolute atomic E-state index is 13.5. The van der Waals surface area contributed by atoms with E-state index in [4.69, 9.17) is 4.18 Å². The molecule has 1 unspecified atom stereocenters. The highest BCUT2D eigenvalue weighted by Gasteiger charge is 2.33. The Balaban J connectivity index is 1.66. The third kappa shape index (κ3) is 4.67. The van der Waals surface area contributed by atoms with Crippen molar-refractivity contribution < 1.29 is 17.4 Å². The minimum absolute atomic E-state index is 0.0798. The van der Waals surface area contributed by atoms with Gasteiger partial charge in [-0.2, -0.15) is 8.42 Å². The van der Waals surface area contributed by atoms with Gasteiger partial charge < -0.3 is 9.47 Å². The van der Waals surface area contributed by atoms with Crippen LogP contribution in [0.5, 0.6) is 0 Å². The van der Waals surface area contributed by atoms with Crippen LogP contribution in [0.25, 0.3) is 10.9 Å². The predicted molar refractivity (Wildman–Crippen MR) is 121 cm³/mol. The summed E-state index contributed by atoms with van der Waals surface area (Å²) in [5.41, 5.74) is 4.34. The molecule has 0 saturated carbocycles. The van der Waals surface area contributed by atoms with Crippen LogP contribution in [0.3, 0.4) is 0 Å². The molecular weight excluding hydrogens is 412 g/mol. The number of para-hydroxylation sites is 1. The number of carbonyl (C=O) groups excluding carboxylic acids is 1. The summed E-state index contributed by atoms with van der Waals surface area (Å²) < 4.78 is 29.9. The lowest BCUT2D eigenvalue weighted by Crippen LogP contribution is -2.33. The first-order valence-corrected chi connectivity index (χ1v) is 12.4. The smallest absolute Gasteiger partial charge is 0.264 e. The van der Waals surface area contributed by atoms with Crippen molar-refractivity contribution in [2.24, 2.45) is 0 Å². The summed E-state index contributed by atoms with van der Waals surface area (Å²) >= 11 is 0. The van der Waals surface area contributed by atoms with E-state index in [0.717, 1.165) is 53.2 Å². The largest absolute Gasteiger partial charge is 0.342 e. The van der Waals surface area contributed by atoms with Gasteiger partial charge in [0.05, 0.1) is 18.8 Å². The van der Waals surface area contributed by atoms with E-state index in [1.807, 2.05) is 60.5 Å². The maximum atomic E-state index is 13.5. The molecule has 1 amide bonds. The van der Waals surface area contributed by atoms with E-state index in [1.54, 1.807) is 0 Å². The second-order valence-corrected chi connectivity index (χ2v) is 9.82. The first-order chi connectivity index (χ1) is 14.8. The van der Waals surface area contributed by atoms with Crippen molar-refractivity contribution in [3.05, 3.63) is 71.4 Å². The number of amides is 1. The molecule has 0 radical (unpaired) electrons. The molecule has 6 nitrogen and oxygen atoms in total. The van der Waals surface area contributed by atoms with Gasteiger partial charge in [0, 0.05) is 36.7 Å². The summed E-state index contributed by atoms with van der Waals surface area (Å²) in [6.07, 6.45) is 3.67. The van der Waals surface area contributed by atoms with Gasteiger partial charge in [-0.05, 0) is 36.5 Å². The molecule has 1 aliphatic rings. The highest BCUT2D eigenvalue weighted by atomic mass is 32.2. The number of benzene rings is 2. The number of likely N-dealkylation sites (N-methyl/N-ethyl adjacent to an activating group) is 1. The van der Waals surface area contributed by atoms with Crippen LogP contribution in [0, 0.1) is 0 Å². The molecule has 4 rings (SSSR count). The van der Waals surface area contributed by atoms with Crippen molar-refractivity contribution in [2.75, 3.05) is 19.9 Å². The van der Waals surface area contributed by atoms with Crippen molar-refractivity contribution in [3.63, 3.8) is 0 Å². The Kier molecular flexibility index (Phi) is 6.16. The summed E-state index contributed by atoms with van der Waals surface area (Å²) in [6.45, 7) is 1.09. The minimum atomic E-state index is -3.49. The lowest BCUT2D eigenvalue weighted by molar-refractivity contribution is -0.132. The zero-order valence-electron chi connectivity index (χ0n) is 18.0. The topological polar surface area (TPSA) is 68.6 Å². The Hall–Kier alpha value is -2.64. The van der Waals surface area contributed by atoms with E-state index < -0.39 is 10.1 Å². The Morgan fingerprint density at radius 1 is 1.13 bits per heavy atom. The Bertz CT molecular complexity index is 1190. The van der Waals surface area contributed by atoms with Crippen molar-refractivity contribution >= 4 is 26.9 Å². The Labute approximate surface area is 183 Å². The van der Waals surface area contributed by atoms with Crippen LogP contribution in [0.2, 0.25) is 0 Å². The lowest BCUT2D eigenvalue weighted by Gasteiger charge is -2.28. The molecular formula is C24H28N2O4S. The van der Waals surface area contributed by atoms with E-state index in [0.29, 0.717) is 13.1 Å². The van der Waals surface area contributed by atoms with Crippen LogP contribution in [0.4, 0.5) is 0 Å². The first-order valence-electron chi connectivity index (χ1n) is 10.6. The second kappa shape index (κ2) is 8.85. The quantitative estimate of drug-likeness (QED) is 0.526. The van der Waals surface area contributed by atoms with Crippen molar-refractivity contribution in [3.8, 4) is 0 Å². The molecule has 31 heavy (non-hydrogen) atoms. The maximum Gasteiger partial charge on any atom is 0.264 e. The van der Waals surface area contributed by atoms with Gasteiger partial charge in [-0.15, -0.1) is 0 Å². The molecule has 0 aliphatic heterocycles. The number of hydrogen-bond acceptors (Lipinski definition) is 4. The van der Waals surface area contributed by atoms with Gasteiger partial charge in [0.1, 0.15) is 0 Å². The average molecular weight is 441 g/mol. The predicted octanol–water partition coefficient (Wildman–Crippen LogP) is 3.70. The monoisotopic (exact) mass is 440 g/mol. The number of fused-ring (bicyclic) bond motifs is 3. The van der Waals surface area contributed by atoms with Gasteiger partial charge in [0.25, 0.3) is 10.1 Å². The van der Waals surface area contributed by atoms with Crippen LogP contribution in [-0.2, 0) is 38.6 Å². The highest BCUT2D eigenvalue weighted by Crippen LogP contribution is 2.40. The molecule has 1 aromatic heterocycles. The van der Waals surface area contributed by atoms with Gasteiger partial charge in [0.2, 0.25) is 5.91 Å². The van der Waals surface area contributed by atoms with Gasteiger partial charge >= 0.3 is 0 Å². The van der Waals surface area contributed by atoms with Crippen molar-refractivity contribution in [1.82, 2.24) is 9.47 Å². The minimum Gasteiger partial charge on any atom is -0.342 e. The van der Waals surface area contributed by atoms with Crippen LogP contribution in [-0.4, -0.2) is 43.7 Å². The van der Waals surface area contributed by atoms with Gasteiger partial charge in [-0.25, -0.2) is 0 Å². The first kappa shape index (κ1) is 21.6. The fourth-order valence-corrected chi connectivity index (χ4v) is 5.02. The van der Waals surface area contributed by atoms with Crippen molar-refractivity contribution in [2.45, 2.75) is 38.3 Å². The number of hydrogen-bond donors (Lipinski definition) is 0. The molecule has 164 valence electrons. The van der Waals surface area contributed by atoms with Gasteiger partial charge in [0.15, 0.2) is 0 Å². The van der Waals surface area contributed by atoms with E-state index in [1.165, 1.54) is 0 Å². The number of carbonyl (C=O) groups is 1. The molecule has 0 saturated heterocycles. The summed E-state index contributed by atoms with van der Waals surface area (Å²) in [4.78, 5) is 15.3. The normalized spacial score (nSPS) is 16.3. The number of rotatable bonds is 7. The van der Waals surface area contributed by atoms with E-state index in [9.17, 15) is 13.2 Å². The Morgan fingerprint density at radius 3 is 2.58 bits per heavy atom. The number of nitrogens with zero attached hydrogens (tertiary/aromatic N) is 2. The van der Waals surface area contributed by atoms with Gasteiger partial charge in [-0.3, -0.25) is 8.98 Å². The van der Waals surface area contributed by atoms with E-state index in [-0.39, 0.29) is 18.4 Å². The molecule has 0 N–H and O–H groups in total. The molecule has 0 spiro atoms. The molecule has 2 aromatic carbocycles. The molecule has 7 heteroatoms. The summed E-state index contributed by atoms with van der Waals surface area (Å²) in [5.74, 6) is -0.0699. The third-order valence-corrected chi connectivity index (χ3v) is 6.52. The zero-order chi connectivity index (χ0) is 22.0. The van der Waals surface area contributed by atoms with E-state index >= 15 is 0 Å². The molecule has 3 aromatic rings. The van der Waals surface area contributed by atoms with Crippen LogP contribution in [0.15, 0.2) is 54.6 Å². The zero-order valence-corrected chi connectivity index (χ0v) is 18.8. The third-order valence-electron chi connectivity index (χ3n) is 5.93.